The third kappa shape index (κ3) is 2.92. The molecule has 0 aliphatic rings. The molecule has 0 radical (unpaired) electrons. The zero-order valence-corrected chi connectivity index (χ0v) is 15.5. The van der Waals surface area contributed by atoms with Crippen LogP contribution in [-0.4, -0.2) is 14.6 Å². The highest BCUT2D eigenvalue weighted by atomic mass is 16.5. The molecule has 0 amide bonds. The predicted octanol–water partition coefficient (Wildman–Crippen LogP) is 3.60. The number of para-hydroxylation sites is 1. The topological polar surface area (TPSA) is 80.6 Å². The number of nitrogens with zero attached hydrogens (tertiary/aromatic N) is 4. The maximum absolute atomic E-state index is 13.2. The normalized spacial score (nSPS) is 11.4. The summed E-state index contributed by atoms with van der Waals surface area (Å²) in [6.45, 7) is 1.84. The number of hydrogen-bond acceptors (Lipinski definition) is 3. The minimum Gasteiger partial charge on any atom is -0.660 e. The van der Waals surface area contributed by atoms with Crippen LogP contribution in [0.2, 0.25) is 0 Å². The summed E-state index contributed by atoms with van der Waals surface area (Å²) in [4.78, 5) is 13.2. The molecule has 7 nitrogen and oxygen atoms in total. The molecule has 2 heterocycles. The van der Waals surface area contributed by atoms with Gasteiger partial charge in [0.05, 0.1) is 5.69 Å². The molecule has 1 N–H and O–H groups in total. The first kappa shape index (κ1) is 17.5. The maximum Gasteiger partial charge on any atom is 0.346 e. The minimum atomic E-state index is -0.237. The van der Waals surface area contributed by atoms with Crippen LogP contribution in [0.4, 0.5) is 5.88 Å². The van der Waals surface area contributed by atoms with Crippen LogP contribution in [0.5, 0.6) is 0 Å². The van der Waals surface area contributed by atoms with Crippen molar-refractivity contribution in [1.82, 2.24) is 14.6 Å². The molecule has 0 unspecified atom stereocenters. The minimum absolute atomic E-state index is 0.110. The number of hydrogen-bond donors (Lipinski definition) is 0. The lowest BCUT2D eigenvalue weighted by atomic mass is 10.2. The van der Waals surface area contributed by atoms with Crippen LogP contribution in [-0.2, 0) is 7.05 Å². The van der Waals surface area contributed by atoms with Crippen molar-refractivity contribution in [1.29, 1.82) is 0 Å². The Balaban J connectivity index is 1.86. The second kappa shape index (κ2) is 7.03. The molecule has 7 heteroatoms. The van der Waals surface area contributed by atoms with Gasteiger partial charge in [-0.15, -0.1) is 0 Å². The summed E-state index contributed by atoms with van der Waals surface area (Å²) in [5, 5.41) is 3.94. The standard InChI is InChI=1S/C21H19N5O2/c1-15-19(21(27)26(24(15)2)17-11-7-4-8-12-17)25-18(20(22)28-23-25)14-13-16-9-5-3-6-10-16/h3-14H,1-2H3,(H-,22,23). The third-order valence-corrected chi connectivity index (χ3v) is 4.64. The molecule has 28 heavy (non-hydrogen) atoms. The van der Waals surface area contributed by atoms with Gasteiger partial charge in [0.2, 0.25) is 5.27 Å². The van der Waals surface area contributed by atoms with Gasteiger partial charge >= 0.3 is 11.2 Å². The molecule has 0 fully saturated rings. The van der Waals surface area contributed by atoms with Crippen molar-refractivity contribution in [3.8, 4) is 11.4 Å². The fraction of sp³-hybridized carbons (Fsp3) is 0.0952. The van der Waals surface area contributed by atoms with Crippen molar-refractivity contribution in [3.63, 3.8) is 0 Å². The number of nitrogens with one attached hydrogen (secondary N) is 1. The van der Waals surface area contributed by atoms with Gasteiger partial charge in [-0.25, -0.2) is 4.68 Å². The first-order valence-corrected chi connectivity index (χ1v) is 8.79. The van der Waals surface area contributed by atoms with E-state index in [4.69, 9.17) is 10.3 Å². The molecule has 0 atom stereocenters. The fourth-order valence-corrected chi connectivity index (χ4v) is 3.11. The summed E-state index contributed by atoms with van der Waals surface area (Å²) in [5.74, 6) is -0.110. The van der Waals surface area contributed by atoms with Gasteiger partial charge in [0, 0.05) is 13.1 Å². The molecule has 4 rings (SSSR count). The van der Waals surface area contributed by atoms with Crippen molar-refractivity contribution in [2.24, 2.45) is 7.05 Å². The second-order valence-corrected chi connectivity index (χ2v) is 6.35. The molecule has 140 valence electrons. The van der Waals surface area contributed by atoms with Gasteiger partial charge in [0.1, 0.15) is 11.6 Å². The molecular weight excluding hydrogens is 354 g/mol. The summed E-state index contributed by atoms with van der Waals surface area (Å²) >= 11 is 0. The summed E-state index contributed by atoms with van der Waals surface area (Å²) in [6, 6.07) is 19.1. The smallest absolute Gasteiger partial charge is 0.346 e. The quantitative estimate of drug-likeness (QED) is 0.513. The molecule has 0 saturated heterocycles. The van der Waals surface area contributed by atoms with Gasteiger partial charge in [-0.05, 0) is 35.4 Å². The molecule has 4 aromatic rings. The monoisotopic (exact) mass is 373 g/mol. The van der Waals surface area contributed by atoms with E-state index in [1.807, 2.05) is 80.7 Å². The third-order valence-electron chi connectivity index (χ3n) is 4.64. The number of benzene rings is 2. The average Bonchev–Trinajstić information content (AvgIpc) is 3.18. The Hall–Kier alpha value is -3.87. The van der Waals surface area contributed by atoms with Gasteiger partial charge in [-0.2, -0.15) is 0 Å². The summed E-state index contributed by atoms with van der Waals surface area (Å²) in [6.07, 6.45) is 3.59. The summed E-state index contributed by atoms with van der Waals surface area (Å²) < 4.78 is 9.80. The Morgan fingerprint density at radius 1 is 1.04 bits per heavy atom. The average molecular weight is 373 g/mol. The Morgan fingerprint density at radius 2 is 1.68 bits per heavy atom. The molecule has 2 aromatic heterocycles. The molecule has 0 saturated carbocycles. The highest BCUT2D eigenvalue weighted by molar-refractivity contribution is 5.71. The lowest BCUT2D eigenvalue weighted by molar-refractivity contribution is -0.673. The van der Waals surface area contributed by atoms with Gasteiger partial charge in [0.25, 0.3) is 5.69 Å². The molecule has 0 spiro atoms. The SMILES string of the molecule is Cc1c(-[n+]2noc([NH-])c2C=Cc2ccccc2)c(=O)n(-c2ccccc2)n1C. The van der Waals surface area contributed by atoms with E-state index in [-0.39, 0.29) is 11.4 Å². The van der Waals surface area contributed by atoms with E-state index in [2.05, 4.69) is 5.27 Å². The fourth-order valence-electron chi connectivity index (χ4n) is 3.11. The predicted molar refractivity (Wildman–Crippen MR) is 107 cm³/mol. The van der Waals surface area contributed by atoms with Crippen LogP contribution in [0.3, 0.4) is 0 Å². The van der Waals surface area contributed by atoms with Crippen LogP contribution in [0, 0.1) is 6.92 Å². The maximum atomic E-state index is 13.2. The van der Waals surface area contributed by atoms with E-state index in [1.54, 1.807) is 15.4 Å². The van der Waals surface area contributed by atoms with Gasteiger partial charge in [0.15, 0.2) is 0 Å². The highest BCUT2D eigenvalue weighted by Crippen LogP contribution is 2.19. The van der Waals surface area contributed by atoms with E-state index < -0.39 is 0 Å². The van der Waals surface area contributed by atoms with Gasteiger partial charge in [-0.1, -0.05) is 48.5 Å². The van der Waals surface area contributed by atoms with Gasteiger partial charge in [-0.3, -0.25) is 9.48 Å². The van der Waals surface area contributed by atoms with E-state index in [0.29, 0.717) is 17.1 Å². The molecule has 0 aliphatic carbocycles. The van der Waals surface area contributed by atoms with Gasteiger partial charge < -0.3 is 10.3 Å². The molecular formula is C21H19N5O2. The number of rotatable bonds is 4. The summed E-state index contributed by atoms with van der Waals surface area (Å²) in [5.41, 5.74) is 11.0. The zero-order chi connectivity index (χ0) is 19.7. The molecule has 2 aromatic carbocycles. The van der Waals surface area contributed by atoms with Crippen LogP contribution in [0.25, 0.3) is 29.3 Å². The summed E-state index contributed by atoms with van der Waals surface area (Å²) in [7, 11) is 1.81. The van der Waals surface area contributed by atoms with Crippen molar-refractivity contribution < 1.29 is 9.20 Å². The largest absolute Gasteiger partial charge is 0.660 e. The highest BCUT2D eigenvalue weighted by Gasteiger charge is 2.30. The zero-order valence-electron chi connectivity index (χ0n) is 15.5. The first-order valence-electron chi connectivity index (χ1n) is 8.79. The lowest BCUT2D eigenvalue weighted by Gasteiger charge is -2.06. The second-order valence-electron chi connectivity index (χ2n) is 6.35. The van der Waals surface area contributed by atoms with Crippen LogP contribution >= 0.6 is 0 Å². The van der Waals surface area contributed by atoms with E-state index in [1.165, 1.54) is 4.68 Å². The van der Waals surface area contributed by atoms with E-state index in [0.717, 1.165) is 11.3 Å². The Morgan fingerprint density at radius 3 is 2.36 bits per heavy atom. The van der Waals surface area contributed by atoms with Crippen LogP contribution in [0.1, 0.15) is 17.0 Å². The van der Waals surface area contributed by atoms with Crippen molar-refractivity contribution in [2.45, 2.75) is 6.92 Å². The van der Waals surface area contributed by atoms with E-state index in [9.17, 15) is 4.79 Å². The molecule has 0 bridgehead atoms. The van der Waals surface area contributed by atoms with Crippen LogP contribution in [0.15, 0.2) is 70.0 Å². The van der Waals surface area contributed by atoms with Crippen LogP contribution < -0.4 is 10.2 Å². The van der Waals surface area contributed by atoms with Crippen molar-refractivity contribution in [2.75, 3.05) is 0 Å². The molecule has 0 aliphatic heterocycles. The van der Waals surface area contributed by atoms with Crippen molar-refractivity contribution >= 4 is 18.0 Å². The Bertz CT molecular complexity index is 1200. The lowest BCUT2D eigenvalue weighted by Crippen LogP contribution is -2.41. The first-order chi connectivity index (χ1) is 13.6. The van der Waals surface area contributed by atoms with E-state index >= 15 is 0 Å². The number of aromatic nitrogens is 4. The van der Waals surface area contributed by atoms with Crippen molar-refractivity contribution in [3.05, 3.63) is 93.7 Å². The Kier molecular flexibility index (Phi) is 4.41. The Labute approximate surface area is 161 Å².